The zero-order valence-electron chi connectivity index (χ0n) is 16.0. The van der Waals surface area contributed by atoms with E-state index in [1.54, 1.807) is 13.2 Å². The minimum absolute atomic E-state index is 0.132. The number of aliphatic hydroxyl groups is 2. The first-order chi connectivity index (χ1) is 13.1. The van der Waals surface area contributed by atoms with Crippen molar-refractivity contribution in [2.45, 2.75) is 19.1 Å². The molecule has 0 radical (unpaired) electrons. The number of methoxy groups -OCH3 is 1. The number of aliphatic hydroxyl groups excluding tert-OH is 2. The lowest BCUT2D eigenvalue weighted by atomic mass is 10.2. The average molecular weight is 375 g/mol. The van der Waals surface area contributed by atoms with Crippen LogP contribution in [0, 0.1) is 0 Å². The molecule has 0 spiro atoms. The fourth-order valence-electron chi connectivity index (χ4n) is 2.62. The number of hydrogen-bond donors (Lipinski definition) is 2. The van der Waals surface area contributed by atoms with Gasteiger partial charge in [-0.25, -0.2) is 0 Å². The highest BCUT2D eigenvalue weighted by Crippen LogP contribution is 2.19. The lowest BCUT2D eigenvalue weighted by Crippen LogP contribution is -2.32. The van der Waals surface area contributed by atoms with Gasteiger partial charge in [0.15, 0.2) is 0 Å². The highest BCUT2D eigenvalue weighted by Gasteiger charge is 2.10. The van der Waals surface area contributed by atoms with Crippen molar-refractivity contribution in [2.75, 3.05) is 40.5 Å². The summed E-state index contributed by atoms with van der Waals surface area (Å²) in [5, 5.41) is 19.0. The molecule has 6 heteroatoms. The molecule has 27 heavy (non-hydrogen) atoms. The molecule has 0 aliphatic heterocycles. The van der Waals surface area contributed by atoms with Gasteiger partial charge in [-0.3, -0.25) is 4.90 Å². The van der Waals surface area contributed by atoms with Crippen LogP contribution in [0.25, 0.3) is 0 Å². The first kappa shape index (κ1) is 21.0. The largest absolute Gasteiger partial charge is 0.497 e. The van der Waals surface area contributed by atoms with E-state index in [0.717, 1.165) is 17.1 Å². The summed E-state index contributed by atoms with van der Waals surface area (Å²) in [5.41, 5.74) is 1.13. The molecule has 0 saturated carbocycles. The topological polar surface area (TPSA) is 71.4 Å². The van der Waals surface area contributed by atoms with Crippen LogP contribution in [0.4, 0.5) is 0 Å². The van der Waals surface area contributed by atoms with Crippen molar-refractivity contribution in [3.63, 3.8) is 0 Å². The Morgan fingerprint density at radius 2 is 1.74 bits per heavy atom. The molecule has 0 aliphatic carbocycles. The van der Waals surface area contributed by atoms with Crippen LogP contribution in [0.15, 0.2) is 48.5 Å². The third kappa shape index (κ3) is 7.86. The number of nitrogens with zero attached hydrogens (tertiary/aromatic N) is 1. The highest BCUT2D eigenvalue weighted by atomic mass is 16.5. The molecule has 0 saturated heterocycles. The number of benzene rings is 2. The highest BCUT2D eigenvalue weighted by molar-refractivity contribution is 5.32. The molecule has 0 fully saturated rings. The molecule has 0 heterocycles. The van der Waals surface area contributed by atoms with Gasteiger partial charge in [0.1, 0.15) is 30.0 Å². The minimum atomic E-state index is -0.595. The van der Waals surface area contributed by atoms with E-state index in [-0.39, 0.29) is 13.2 Å². The summed E-state index contributed by atoms with van der Waals surface area (Å²) < 4.78 is 16.3. The first-order valence-corrected chi connectivity index (χ1v) is 9.06. The van der Waals surface area contributed by atoms with Crippen LogP contribution >= 0.6 is 0 Å². The first-order valence-electron chi connectivity index (χ1n) is 9.06. The fourth-order valence-corrected chi connectivity index (χ4v) is 2.62. The number of ether oxygens (including phenoxy) is 3. The Balaban J connectivity index is 1.73. The Morgan fingerprint density at radius 3 is 2.44 bits per heavy atom. The zero-order chi connectivity index (χ0) is 19.5. The molecule has 6 nitrogen and oxygen atoms in total. The van der Waals surface area contributed by atoms with Crippen LogP contribution in [-0.4, -0.2) is 61.7 Å². The Kier molecular flexibility index (Phi) is 8.91. The van der Waals surface area contributed by atoms with Gasteiger partial charge in [0, 0.05) is 32.2 Å². The smallest absolute Gasteiger partial charge is 0.123 e. The third-order valence-corrected chi connectivity index (χ3v) is 3.95. The van der Waals surface area contributed by atoms with Crippen molar-refractivity contribution in [2.24, 2.45) is 0 Å². The van der Waals surface area contributed by atoms with E-state index >= 15 is 0 Å². The molecule has 2 aromatic rings. The third-order valence-electron chi connectivity index (χ3n) is 3.95. The van der Waals surface area contributed by atoms with E-state index in [9.17, 15) is 5.11 Å². The summed E-state index contributed by atoms with van der Waals surface area (Å²) in [4.78, 5) is 2.04. The van der Waals surface area contributed by atoms with Crippen LogP contribution in [0.3, 0.4) is 0 Å². The van der Waals surface area contributed by atoms with Crippen LogP contribution in [0.2, 0.25) is 0 Å². The quantitative estimate of drug-likeness (QED) is 0.555. The monoisotopic (exact) mass is 375 g/mol. The lowest BCUT2D eigenvalue weighted by Gasteiger charge is -2.21. The Hall–Kier alpha value is -2.28. The number of rotatable bonds is 12. The zero-order valence-corrected chi connectivity index (χ0v) is 16.0. The SMILES string of the molecule is COc1cccc(OC[C@@H](O)CN(C)Cc2ccc(OCCCO)cc2)c1. The van der Waals surface area contributed by atoms with E-state index in [1.807, 2.05) is 54.4 Å². The van der Waals surface area contributed by atoms with E-state index in [2.05, 4.69) is 0 Å². The summed E-state index contributed by atoms with van der Waals surface area (Å²) >= 11 is 0. The molecule has 2 N–H and O–H groups in total. The normalized spacial score (nSPS) is 12.0. The molecule has 2 rings (SSSR count). The second-order valence-corrected chi connectivity index (χ2v) is 6.41. The molecule has 0 unspecified atom stereocenters. The van der Waals surface area contributed by atoms with Crippen molar-refractivity contribution in [1.29, 1.82) is 0 Å². The predicted molar refractivity (Wildman–Crippen MR) is 104 cm³/mol. The van der Waals surface area contributed by atoms with Crippen molar-refractivity contribution in [1.82, 2.24) is 4.90 Å². The van der Waals surface area contributed by atoms with Gasteiger partial charge < -0.3 is 24.4 Å². The molecule has 1 atom stereocenters. The van der Waals surface area contributed by atoms with Gasteiger partial charge in [-0.1, -0.05) is 18.2 Å². The maximum absolute atomic E-state index is 10.2. The summed E-state index contributed by atoms with van der Waals surface area (Å²) in [5.74, 6) is 2.19. The molecule has 0 bridgehead atoms. The Labute approximate surface area is 160 Å². The van der Waals surface area contributed by atoms with E-state index in [4.69, 9.17) is 19.3 Å². The summed E-state index contributed by atoms with van der Waals surface area (Å²) in [6.07, 6.45) is 0.0301. The fraction of sp³-hybridized carbons (Fsp3) is 0.429. The van der Waals surface area contributed by atoms with Crippen molar-refractivity contribution in [3.8, 4) is 17.2 Å². The second kappa shape index (κ2) is 11.4. The average Bonchev–Trinajstić information content (AvgIpc) is 2.68. The van der Waals surface area contributed by atoms with Crippen molar-refractivity contribution >= 4 is 0 Å². The summed E-state index contributed by atoms with van der Waals surface area (Å²) in [7, 11) is 3.57. The lowest BCUT2D eigenvalue weighted by molar-refractivity contribution is 0.0743. The van der Waals surface area contributed by atoms with Gasteiger partial charge in [0.2, 0.25) is 0 Å². The van der Waals surface area contributed by atoms with Gasteiger partial charge in [-0.15, -0.1) is 0 Å². The van der Waals surface area contributed by atoms with E-state index < -0.39 is 6.10 Å². The molecule has 2 aromatic carbocycles. The molecule has 0 amide bonds. The summed E-state index contributed by atoms with van der Waals surface area (Å²) in [6, 6.07) is 15.2. The van der Waals surface area contributed by atoms with Gasteiger partial charge in [0.05, 0.1) is 13.7 Å². The van der Waals surface area contributed by atoms with Crippen LogP contribution in [0.5, 0.6) is 17.2 Å². The van der Waals surface area contributed by atoms with Gasteiger partial charge in [-0.2, -0.15) is 0 Å². The van der Waals surface area contributed by atoms with E-state index in [0.29, 0.717) is 31.9 Å². The van der Waals surface area contributed by atoms with Gasteiger partial charge in [-0.05, 0) is 36.9 Å². The molecule has 0 aromatic heterocycles. The molecule has 0 aliphatic rings. The summed E-state index contributed by atoms with van der Waals surface area (Å²) in [6.45, 7) is 2.07. The second-order valence-electron chi connectivity index (χ2n) is 6.41. The number of likely N-dealkylation sites (N-methyl/N-ethyl adjacent to an activating group) is 1. The van der Waals surface area contributed by atoms with Gasteiger partial charge in [0.25, 0.3) is 0 Å². The standard InChI is InChI=1S/C21H29NO5/c1-22(14-17-7-9-19(10-8-17)26-12-4-11-23)15-18(24)16-27-21-6-3-5-20(13-21)25-2/h3,5-10,13,18,23-24H,4,11-12,14-16H2,1-2H3/t18-/m0/s1. The van der Waals surface area contributed by atoms with Crippen molar-refractivity contribution in [3.05, 3.63) is 54.1 Å². The van der Waals surface area contributed by atoms with Crippen LogP contribution in [0.1, 0.15) is 12.0 Å². The van der Waals surface area contributed by atoms with Gasteiger partial charge >= 0.3 is 0 Å². The maximum atomic E-state index is 10.2. The number of hydrogen-bond acceptors (Lipinski definition) is 6. The Morgan fingerprint density at radius 1 is 1.00 bits per heavy atom. The minimum Gasteiger partial charge on any atom is -0.497 e. The predicted octanol–water partition coefficient (Wildman–Crippen LogP) is 2.33. The Bertz CT molecular complexity index is 662. The molecule has 148 valence electrons. The van der Waals surface area contributed by atoms with E-state index in [1.165, 1.54) is 0 Å². The molecular weight excluding hydrogens is 346 g/mol. The molecular formula is C21H29NO5. The van der Waals surface area contributed by atoms with Crippen molar-refractivity contribution < 1.29 is 24.4 Å². The van der Waals surface area contributed by atoms with Crippen LogP contribution in [-0.2, 0) is 6.54 Å². The van der Waals surface area contributed by atoms with Crippen LogP contribution < -0.4 is 14.2 Å². The maximum Gasteiger partial charge on any atom is 0.123 e.